The third-order valence-electron chi connectivity index (χ3n) is 2.47. The van der Waals surface area contributed by atoms with E-state index < -0.39 is 0 Å². The molecule has 2 aromatic heterocycles. The van der Waals surface area contributed by atoms with Gasteiger partial charge in [-0.2, -0.15) is 5.26 Å². The van der Waals surface area contributed by atoms with Crippen molar-refractivity contribution in [1.82, 2.24) is 20.2 Å². The largest absolute Gasteiger partial charge is 0.263 e. The molecule has 0 atom stereocenters. The fraction of sp³-hybridized carbons (Fsp3) is 0.385. The number of pyridine rings is 1. The van der Waals surface area contributed by atoms with Crippen LogP contribution in [0.25, 0.3) is 0 Å². The van der Waals surface area contributed by atoms with Crippen LogP contribution in [0.15, 0.2) is 23.6 Å². The minimum Gasteiger partial charge on any atom is -0.263 e. The summed E-state index contributed by atoms with van der Waals surface area (Å²) in [6.45, 7) is 6.26. The Kier molecular flexibility index (Phi) is 3.86. The topological polar surface area (TPSA) is 78.2 Å². The molecule has 2 heterocycles. The summed E-state index contributed by atoms with van der Waals surface area (Å²) < 4.78 is 0. The minimum atomic E-state index is -0.0336. The second-order valence-electron chi connectivity index (χ2n) is 5.20. The maximum atomic E-state index is 8.81. The van der Waals surface area contributed by atoms with Crippen molar-refractivity contribution in [3.8, 4) is 6.07 Å². The van der Waals surface area contributed by atoms with E-state index in [0.29, 0.717) is 16.5 Å². The molecule has 0 aliphatic rings. The molecule has 5 nitrogen and oxygen atoms in total. The van der Waals surface area contributed by atoms with Crippen LogP contribution in [-0.4, -0.2) is 20.2 Å². The number of aromatic nitrogens is 4. The Morgan fingerprint density at radius 3 is 2.79 bits per heavy atom. The van der Waals surface area contributed by atoms with Gasteiger partial charge in [-0.25, -0.2) is 4.98 Å². The van der Waals surface area contributed by atoms with E-state index >= 15 is 0 Å². The van der Waals surface area contributed by atoms with Crippen molar-refractivity contribution in [3.05, 3.63) is 35.4 Å². The van der Waals surface area contributed by atoms with Crippen LogP contribution in [0.1, 0.15) is 37.7 Å². The number of thioether (sulfide) groups is 1. The predicted molar refractivity (Wildman–Crippen MR) is 73.6 cm³/mol. The first-order valence-corrected chi connectivity index (χ1v) is 6.87. The molecule has 6 heteroatoms. The zero-order chi connectivity index (χ0) is 13.9. The van der Waals surface area contributed by atoms with Gasteiger partial charge in [-0.15, -0.1) is 5.10 Å². The average Bonchev–Trinajstić information content (AvgIpc) is 2.85. The van der Waals surface area contributed by atoms with Gasteiger partial charge in [-0.05, 0) is 11.6 Å². The Morgan fingerprint density at radius 1 is 1.37 bits per heavy atom. The van der Waals surface area contributed by atoms with Gasteiger partial charge < -0.3 is 0 Å². The zero-order valence-electron chi connectivity index (χ0n) is 11.1. The van der Waals surface area contributed by atoms with Gasteiger partial charge in [0, 0.05) is 23.6 Å². The molecule has 0 aromatic carbocycles. The van der Waals surface area contributed by atoms with E-state index in [1.54, 1.807) is 12.4 Å². The maximum Gasteiger partial charge on any atom is 0.208 e. The number of nitrogens with one attached hydrogen (secondary N) is 1. The first kappa shape index (κ1) is 13.6. The Balaban J connectivity index is 2.03. The molecular formula is C13H15N5S. The van der Waals surface area contributed by atoms with Crippen molar-refractivity contribution in [2.75, 3.05) is 0 Å². The van der Waals surface area contributed by atoms with E-state index in [-0.39, 0.29) is 5.41 Å². The summed E-state index contributed by atoms with van der Waals surface area (Å²) in [7, 11) is 0. The Bertz CT molecular complexity index is 606. The molecular weight excluding hydrogens is 258 g/mol. The van der Waals surface area contributed by atoms with Gasteiger partial charge in [0.2, 0.25) is 5.16 Å². The van der Waals surface area contributed by atoms with Gasteiger partial charge in [-0.3, -0.25) is 10.1 Å². The number of hydrogen-bond donors (Lipinski definition) is 1. The lowest BCUT2D eigenvalue weighted by Gasteiger charge is -2.12. The highest BCUT2D eigenvalue weighted by Crippen LogP contribution is 2.23. The molecule has 0 fully saturated rings. The van der Waals surface area contributed by atoms with Crippen molar-refractivity contribution in [2.45, 2.75) is 37.1 Å². The van der Waals surface area contributed by atoms with Crippen LogP contribution in [0, 0.1) is 11.3 Å². The lowest BCUT2D eigenvalue weighted by molar-refractivity contribution is 0.547. The second-order valence-corrected chi connectivity index (χ2v) is 6.14. The highest BCUT2D eigenvalue weighted by Gasteiger charge is 2.18. The van der Waals surface area contributed by atoms with Crippen molar-refractivity contribution in [2.24, 2.45) is 0 Å². The second kappa shape index (κ2) is 5.41. The van der Waals surface area contributed by atoms with Gasteiger partial charge in [0.15, 0.2) is 0 Å². The molecule has 98 valence electrons. The first-order chi connectivity index (χ1) is 8.99. The highest BCUT2D eigenvalue weighted by molar-refractivity contribution is 7.98. The van der Waals surface area contributed by atoms with Crippen LogP contribution in [0.3, 0.4) is 0 Å². The molecule has 2 rings (SSSR count). The van der Waals surface area contributed by atoms with Gasteiger partial charge in [0.05, 0.1) is 5.56 Å². The molecule has 0 aliphatic carbocycles. The van der Waals surface area contributed by atoms with Crippen molar-refractivity contribution < 1.29 is 0 Å². The van der Waals surface area contributed by atoms with Crippen LogP contribution in [0.2, 0.25) is 0 Å². The third kappa shape index (κ3) is 3.55. The summed E-state index contributed by atoms with van der Waals surface area (Å²) in [6, 6.07) is 3.91. The SMILES string of the molecule is CC(C)(C)c1nc(SCc2cncc(C#N)c2)n[nH]1. The quantitative estimate of drug-likeness (QED) is 0.870. The summed E-state index contributed by atoms with van der Waals surface area (Å²) >= 11 is 1.53. The lowest BCUT2D eigenvalue weighted by atomic mass is 9.96. The average molecular weight is 273 g/mol. The Labute approximate surface area is 116 Å². The summed E-state index contributed by atoms with van der Waals surface area (Å²) in [5.41, 5.74) is 1.53. The number of H-pyrrole nitrogens is 1. The monoisotopic (exact) mass is 273 g/mol. The smallest absolute Gasteiger partial charge is 0.208 e. The van der Waals surface area contributed by atoms with E-state index in [4.69, 9.17) is 5.26 Å². The maximum absolute atomic E-state index is 8.81. The fourth-order valence-corrected chi connectivity index (χ4v) is 2.14. The van der Waals surface area contributed by atoms with Gasteiger partial charge >= 0.3 is 0 Å². The Hall–Kier alpha value is -1.87. The van der Waals surface area contributed by atoms with Crippen molar-refractivity contribution >= 4 is 11.8 Å². The molecule has 0 bridgehead atoms. The molecule has 0 saturated heterocycles. The lowest BCUT2D eigenvalue weighted by Crippen LogP contribution is -2.13. The van der Waals surface area contributed by atoms with Crippen LogP contribution in [-0.2, 0) is 11.2 Å². The Morgan fingerprint density at radius 2 is 2.16 bits per heavy atom. The van der Waals surface area contributed by atoms with E-state index in [1.807, 2.05) is 6.07 Å². The van der Waals surface area contributed by atoms with Crippen molar-refractivity contribution in [1.29, 1.82) is 5.26 Å². The molecule has 0 unspecified atom stereocenters. The zero-order valence-corrected chi connectivity index (χ0v) is 12.0. The minimum absolute atomic E-state index is 0.0336. The summed E-state index contributed by atoms with van der Waals surface area (Å²) in [4.78, 5) is 8.48. The molecule has 19 heavy (non-hydrogen) atoms. The number of nitriles is 1. The molecule has 0 saturated carbocycles. The van der Waals surface area contributed by atoms with Crippen LogP contribution in [0.4, 0.5) is 0 Å². The number of nitrogens with zero attached hydrogens (tertiary/aromatic N) is 4. The molecule has 2 aromatic rings. The summed E-state index contributed by atoms with van der Waals surface area (Å²) in [5.74, 6) is 1.57. The number of rotatable bonds is 3. The van der Waals surface area contributed by atoms with E-state index in [9.17, 15) is 0 Å². The standard InChI is InChI=1S/C13H15N5S/c1-13(2,3)11-16-12(18-17-11)19-8-10-4-9(5-14)6-15-7-10/h4,6-7H,8H2,1-3H3,(H,16,17,18). The summed E-state index contributed by atoms with van der Waals surface area (Å²) in [6.07, 6.45) is 3.31. The van der Waals surface area contributed by atoms with Gasteiger partial charge in [0.25, 0.3) is 0 Å². The van der Waals surface area contributed by atoms with E-state index in [0.717, 1.165) is 11.4 Å². The van der Waals surface area contributed by atoms with Gasteiger partial charge in [-0.1, -0.05) is 32.5 Å². The highest BCUT2D eigenvalue weighted by atomic mass is 32.2. The third-order valence-corrected chi connectivity index (χ3v) is 3.39. The van der Waals surface area contributed by atoms with Gasteiger partial charge in [0.1, 0.15) is 11.9 Å². The summed E-state index contributed by atoms with van der Waals surface area (Å²) in [5, 5.41) is 16.7. The first-order valence-electron chi connectivity index (χ1n) is 5.89. The van der Waals surface area contributed by atoms with E-state index in [2.05, 4.69) is 47.0 Å². The fourth-order valence-electron chi connectivity index (χ4n) is 1.42. The molecule has 0 amide bonds. The molecule has 0 aliphatic heterocycles. The molecule has 1 N–H and O–H groups in total. The van der Waals surface area contributed by atoms with Crippen LogP contribution >= 0.6 is 11.8 Å². The number of aromatic amines is 1. The predicted octanol–water partition coefficient (Wildman–Crippen LogP) is 2.66. The van der Waals surface area contributed by atoms with Crippen molar-refractivity contribution in [3.63, 3.8) is 0 Å². The van der Waals surface area contributed by atoms with E-state index in [1.165, 1.54) is 11.8 Å². The normalized spacial score (nSPS) is 11.3. The van der Waals surface area contributed by atoms with Crippen LogP contribution < -0.4 is 0 Å². The van der Waals surface area contributed by atoms with Crippen LogP contribution in [0.5, 0.6) is 0 Å². The molecule has 0 spiro atoms. The number of hydrogen-bond acceptors (Lipinski definition) is 5. The molecule has 0 radical (unpaired) electrons.